The van der Waals surface area contributed by atoms with E-state index in [0.29, 0.717) is 6.04 Å². The molecule has 5 nitrogen and oxygen atoms in total. The van der Waals surface area contributed by atoms with Gasteiger partial charge in [0.05, 0.1) is 29.3 Å². The number of imidazole rings is 1. The first kappa shape index (κ1) is 21.0. The van der Waals surface area contributed by atoms with Gasteiger partial charge < -0.3 is 10.7 Å². The van der Waals surface area contributed by atoms with Crippen LogP contribution in [0.5, 0.6) is 0 Å². The highest BCUT2D eigenvalue weighted by Crippen LogP contribution is 2.34. The van der Waals surface area contributed by atoms with E-state index in [2.05, 4.69) is 47.1 Å². The van der Waals surface area contributed by atoms with Gasteiger partial charge in [-0.05, 0) is 75.4 Å². The molecule has 0 amide bonds. The van der Waals surface area contributed by atoms with Crippen molar-refractivity contribution in [1.82, 2.24) is 19.9 Å². The van der Waals surface area contributed by atoms with Crippen LogP contribution in [0, 0.1) is 6.92 Å². The Kier molecular flexibility index (Phi) is 7.21. The van der Waals surface area contributed by atoms with Crippen molar-refractivity contribution in [2.24, 2.45) is 5.73 Å². The van der Waals surface area contributed by atoms with Crippen LogP contribution in [-0.2, 0) is 13.0 Å². The number of benzene rings is 1. The molecule has 1 aromatic carbocycles. The predicted molar refractivity (Wildman–Crippen MR) is 120 cm³/mol. The fourth-order valence-corrected chi connectivity index (χ4v) is 4.24. The van der Waals surface area contributed by atoms with E-state index in [0.717, 1.165) is 62.2 Å². The van der Waals surface area contributed by atoms with E-state index in [1.807, 2.05) is 6.20 Å². The fourth-order valence-electron chi connectivity index (χ4n) is 4.24. The molecule has 150 valence electrons. The first-order valence-electron chi connectivity index (χ1n) is 10.1. The Bertz CT molecular complexity index is 907. The molecule has 0 saturated carbocycles. The number of rotatable bonds is 7. The highest BCUT2D eigenvalue weighted by atomic mass is 79.9. The number of pyridine rings is 1. The number of nitrogens with one attached hydrogen (secondary N) is 1. The van der Waals surface area contributed by atoms with Crippen LogP contribution in [0.2, 0.25) is 0 Å². The third-order valence-corrected chi connectivity index (χ3v) is 5.62. The van der Waals surface area contributed by atoms with Crippen LogP contribution in [0.25, 0.3) is 11.0 Å². The quantitative estimate of drug-likeness (QED) is 0.528. The Balaban J connectivity index is 0.00000225. The highest BCUT2D eigenvalue weighted by Gasteiger charge is 2.27. The molecule has 1 atom stereocenters. The third kappa shape index (κ3) is 4.45. The lowest BCUT2D eigenvalue weighted by Crippen LogP contribution is -2.33. The molecule has 2 aromatic heterocycles. The normalized spacial score (nSPS) is 16.2. The SMILES string of the molecule is Br.Cc1cccc2[nH]c(CN(CCCCN)C3CCCc4cccnc43)nc12. The van der Waals surface area contributed by atoms with E-state index >= 15 is 0 Å². The van der Waals surface area contributed by atoms with Crippen molar-refractivity contribution in [2.45, 2.75) is 51.6 Å². The van der Waals surface area contributed by atoms with Gasteiger partial charge in [0.15, 0.2) is 0 Å². The topological polar surface area (TPSA) is 70.8 Å². The largest absolute Gasteiger partial charge is 0.341 e. The van der Waals surface area contributed by atoms with Crippen molar-refractivity contribution in [3.8, 4) is 0 Å². The first-order chi connectivity index (χ1) is 13.3. The summed E-state index contributed by atoms with van der Waals surface area (Å²) >= 11 is 0. The van der Waals surface area contributed by atoms with Crippen molar-refractivity contribution in [3.63, 3.8) is 0 Å². The van der Waals surface area contributed by atoms with Gasteiger partial charge in [0.1, 0.15) is 5.82 Å². The average molecular weight is 444 g/mol. The van der Waals surface area contributed by atoms with Crippen LogP contribution < -0.4 is 5.73 Å². The molecule has 2 heterocycles. The van der Waals surface area contributed by atoms with Crippen molar-refractivity contribution in [1.29, 1.82) is 0 Å². The van der Waals surface area contributed by atoms with Crippen LogP contribution in [0.4, 0.5) is 0 Å². The van der Waals surface area contributed by atoms with Crippen LogP contribution in [-0.4, -0.2) is 32.9 Å². The Labute approximate surface area is 177 Å². The second-order valence-electron chi connectivity index (χ2n) is 7.58. The second-order valence-corrected chi connectivity index (χ2v) is 7.58. The lowest BCUT2D eigenvalue weighted by atomic mass is 9.90. The number of nitrogens with two attached hydrogens (primary N) is 1. The zero-order valence-corrected chi connectivity index (χ0v) is 18.2. The minimum atomic E-state index is 0. The molecule has 28 heavy (non-hydrogen) atoms. The molecule has 3 aromatic rings. The molecule has 4 rings (SSSR count). The number of nitrogens with zero attached hydrogens (tertiary/aromatic N) is 3. The van der Waals surface area contributed by atoms with Crippen molar-refractivity contribution >= 4 is 28.0 Å². The molecule has 1 aliphatic carbocycles. The number of hydrogen-bond acceptors (Lipinski definition) is 4. The van der Waals surface area contributed by atoms with Crippen molar-refractivity contribution in [3.05, 3.63) is 59.2 Å². The number of aryl methyl sites for hydroxylation is 2. The molecule has 1 unspecified atom stereocenters. The van der Waals surface area contributed by atoms with E-state index in [4.69, 9.17) is 15.7 Å². The molecule has 0 saturated heterocycles. The molecule has 0 radical (unpaired) electrons. The summed E-state index contributed by atoms with van der Waals surface area (Å²) in [6, 6.07) is 11.0. The summed E-state index contributed by atoms with van der Waals surface area (Å²) in [5.74, 6) is 1.04. The lowest BCUT2D eigenvalue weighted by Gasteiger charge is -2.34. The third-order valence-electron chi connectivity index (χ3n) is 5.62. The Morgan fingerprint density at radius 2 is 2.11 bits per heavy atom. The van der Waals surface area contributed by atoms with E-state index in [1.165, 1.54) is 23.2 Å². The van der Waals surface area contributed by atoms with E-state index in [-0.39, 0.29) is 17.0 Å². The van der Waals surface area contributed by atoms with Crippen molar-refractivity contribution in [2.75, 3.05) is 13.1 Å². The van der Waals surface area contributed by atoms with E-state index in [1.54, 1.807) is 0 Å². The molecule has 6 heteroatoms. The summed E-state index contributed by atoms with van der Waals surface area (Å²) in [6.07, 6.45) is 7.60. The van der Waals surface area contributed by atoms with Crippen LogP contribution in [0.15, 0.2) is 36.5 Å². The molecule has 3 N–H and O–H groups in total. The van der Waals surface area contributed by atoms with Gasteiger partial charge in [-0.15, -0.1) is 17.0 Å². The number of unbranched alkanes of at least 4 members (excludes halogenated alkanes) is 1. The number of halogens is 1. The number of H-pyrrole nitrogens is 1. The molecule has 1 aliphatic rings. The van der Waals surface area contributed by atoms with Gasteiger partial charge in [0, 0.05) is 6.20 Å². The summed E-state index contributed by atoms with van der Waals surface area (Å²) < 4.78 is 0. The van der Waals surface area contributed by atoms with Crippen LogP contribution in [0.3, 0.4) is 0 Å². The van der Waals surface area contributed by atoms with Gasteiger partial charge >= 0.3 is 0 Å². The fraction of sp³-hybridized carbons (Fsp3) is 0.455. The van der Waals surface area contributed by atoms with E-state index < -0.39 is 0 Å². The van der Waals surface area contributed by atoms with Gasteiger partial charge in [-0.3, -0.25) is 9.88 Å². The summed E-state index contributed by atoms with van der Waals surface area (Å²) in [5, 5.41) is 0. The summed E-state index contributed by atoms with van der Waals surface area (Å²) in [6.45, 7) is 4.71. The monoisotopic (exact) mass is 443 g/mol. The average Bonchev–Trinajstić information content (AvgIpc) is 3.11. The number of aromatic nitrogens is 3. The smallest absolute Gasteiger partial charge is 0.121 e. The number of hydrogen-bond donors (Lipinski definition) is 2. The van der Waals surface area contributed by atoms with Gasteiger partial charge in [0.2, 0.25) is 0 Å². The Hall–Kier alpha value is -1.76. The summed E-state index contributed by atoms with van der Waals surface area (Å²) in [7, 11) is 0. The summed E-state index contributed by atoms with van der Waals surface area (Å²) in [4.78, 5) is 15.7. The van der Waals surface area contributed by atoms with Gasteiger partial charge in [-0.2, -0.15) is 0 Å². The minimum Gasteiger partial charge on any atom is -0.341 e. The zero-order chi connectivity index (χ0) is 18.6. The number of para-hydroxylation sites is 1. The molecule has 0 aliphatic heterocycles. The molecule has 0 bridgehead atoms. The van der Waals surface area contributed by atoms with Crippen LogP contribution >= 0.6 is 17.0 Å². The molecule has 0 spiro atoms. The maximum atomic E-state index is 5.74. The standard InChI is InChI=1S/C22H29N5.BrH/c1-16-7-4-10-18-21(16)26-20(25-18)15-27(14-3-2-12-23)19-11-5-8-17-9-6-13-24-22(17)19;/h4,6-7,9-10,13,19H,2-3,5,8,11-12,14-15,23H2,1H3,(H,25,26);1H. The van der Waals surface area contributed by atoms with Crippen LogP contribution in [0.1, 0.15) is 54.4 Å². The predicted octanol–water partition coefficient (Wildman–Crippen LogP) is 4.46. The molecule has 0 fully saturated rings. The molecular weight excluding hydrogens is 414 g/mol. The maximum Gasteiger partial charge on any atom is 0.121 e. The maximum absolute atomic E-state index is 5.74. The van der Waals surface area contributed by atoms with Gasteiger partial charge in [-0.25, -0.2) is 4.98 Å². The molecular formula is C22H30BrN5. The van der Waals surface area contributed by atoms with Gasteiger partial charge in [0.25, 0.3) is 0 Å². The summed E-state index contributed by atoms with van der Waals surface area (Å²) in [5.41, 5.74) is 11.8. The number of aromatic amines is 1. The Morgan fingerprint density at radius 3 is 2.93 bits per heavy atom. The lowest BCUT2D eigenvalue weighted by molar-refractivity contribution is 0.159. The first-order valence-corrected chi connectivity index (χ1v) is 10.1. The van der Waals surface area contributed by atoms with Crippen molar-refractivity contribution < 1.29 is 0 Å². The highest BCUT2D eigenvalue weighted by molar-refractivity contribution is 8.93. The van der Waals surface area contributed by atoms with Gasteiger partial charge in [-0.1, -0.05) is 18.2 Å². The van der Waals surface area contributed by atoms with E-state index in [9.17, 15) is 0 Å². The second kappa shape index (κ2) is 9.63. The minimum absolute atomic E-state index is 0. The zero-order valence-electron chi connectivity index (χ0n) is 16.5. The Morgan fingerprint density at radius 1 is 1.21 bits per heavy atom. The number of fused-ring (bicyclic) bond motifs is 2.